The van der Waals surface area contributed by atoms with Gasteiger partial charge in [0.2, 0.25) is 0 Å². The minimum absolute atomic E-state index is 0.0642. The van der Waals surface area contributed by atoms with E-state index in [2.05, 4.69) is 10.6 Å². The van der Waals surface area contributed by atoms with E-state index in [9.17, 15) is 15.0 Å². The van der Waals surface area contributed by atoms with Crippen molar-refractivity contribution in [3.8, 4) is 0 Å². The van der Waals surface area contributed by atoms with E-state index in [1.807, 2.05) is 0 Å². The fourth-order valence-corrected chi connectivity index (χ4v) is 5.94. The molecular weight excluding hydrogens is 513 g/mol. The van der Waals surface area contributed by atoms with Crippen LogP contribution in [0.25, 0.3) is 0 Å². The molecular formula is C28H45ClFN3O5. The smallest absolute Gasteiger partial charge is 0.317 e. The quantitative estimate of drug-likeness (QED) is 0.275. The zero-order valence-corrected chi connectivity index (χ0v) is 23.5. The monoisotopic (exact) mass is 557 g/mol. The average molecular weight is 558 g/mol. The molecule has 1 aliphatic heterocycles. The van der Waals surface area contributed by atoms with Crippen LogP contribution in [0.15, 0.2) is 18.2 Å². The van der Waals surface area contributed by atoms with Crippen LogP contribution in [0.4, 0.5) is 9.18 Å². The Kier molecular flexibility index (Phi) is 12.5. The number of hydrogen-bond acceptors (Lipinski definition) is 6. The second kappa shape index (κ2) is 15.3. The number of carbonyl (C=O) groups is 1. The van der Waals surface area contributed by atoms with Gasteiger partial charge in [0.05, 0.1) is 30.3 Å². The Balaban J connectivity index is 1.75. The number of benzene rings is 1. The van der Waals surface area contributed by atoms with Crippen molar-refractivity contribution in [3.63, 3.8) is 0 Å². The Bertz CT molecular complexity index is 875. The van der Waals surface area contributed by atoms with Crippen molar-refractivity contribution in [1.82, 2.24) is 15.5 Å². The number of likely N-dealkylation sites (N-methyl/N-ethyl adjacent to an activating group) is 1. The first kappa shape index (κ1) is 31.0. The largest absolute Gasteiger partial charge is 0.390 e. The number of urea groups is 1. The van der Waals surface area contributed by atoms with Gasteiger partial charge in [-0.2, -0.15) is 0 Å². The molecule has 1 unspecified atom stereocenters. The SMILES string of the molecule is CNC[C@@H](O)C(CC1CCCCC1)NC(=O)N1CCO[C@H]([C@@](O)(CCCCOC)c2cccc(Cl)c2F)C1. The standard InChI is InChI=1S/C28H45ClFN3O5/c1-31-18-24(34)23(17-20-9-4-3-5-10-20)32-27(35)33-14-16-38-25(19-33)28(36,13-6-7-15-37-2)21-11-8-12-22(29)26(21)30/h8,11-12,20,23-25,31,34,36H,3-7,9-10,13-19H2,1-2H3,(H,32,35)/t23?,24-,25+,28-/m1/s1. The zero-order chi connectivity index (χ0) is 27.5. The van der Waals surface area contributed by atoms with E-state index in [1.54, 1.807) is 25.1 Å². The summed E-state index contributed by atoms with van der Waals surface area (Å²) in [5.41, 5.74) is -1.62. The van der Waals surface area contributed by atoms with E-state index in [0.29, 0.717) is 38.5 Å². The molecule has 2 amide bonds. The molecule has 0 bridgehead atoms. The van der Waals surface area contributed by atoms with E-state index in [4.69, 9.17) is 21.1 Å². The number of unbranched alkanes of at least 4 members (excludes halogenated alkanes) is 1. The summed E-state index contributed by atoms with van der Waals surface area (Å²) in [6.07, 6.45) is 6.45. The summed E-state index contributed by atoms with van der Waals surface area (Å²) >= 11 is 6.06. The highest BCUT2D eigenvalue weighted by molar-refractivity contribution is 6.30. The van der Waals surface area contributed by atoms with Crippen LogP contribution in [0, 0.1) is 11.7 Å². The number of amides is 2. The molecule has 8 nitrogen and oxygen atoms in total. The van der Waals surface area contributed by atoms with Crippen LogP contribution in [0.5, 0.6) is 0 Å². The molecule has 2 aliphatic rings. The summed E-state index contributed by atoms with van der Waals surface area (Å²) in [5.74, 6) is -0.211. The van der Waals surface area contributed by atoms with E-state index in [1.165, 1.54) is 31.4 Å². The number of halogens is 2. The maximum absolute atomic E-state index is 15.1. The fourth-order valence-electron chi connectivity index (χ4n) is 5.77. The van der Waals surface area contributed by atoms with Gasteiger partial charge in [0.15, 0.2) is 0 Å². The van der Waals surface area contributed by atoms with Gasteiger partial charge >= 0.3 is 6.03 Å². The molecule has 1 aromatic carbocycles. The van der Waals surface area contributed by atoms with Gasteiger partial charge in [-0.1, -0.05) is 55.8 Å². The van der Waals surface area contributed by atoms with Crippen molar-refractivity contribution < 1.29 is 28.9 Å². The maximum Gasteiger partial charge on any atom is 0.317 e. The molecule has 0 radical (unpaired) electrons. The van der Waals surface area contributed by atoms with Crippen molar-refractivity contribution in [1.29, 1.82) is 0 Å². The lowest BCUT2D eigenvalue weighted by molar-refractivity contribution is -0.147. The van der Waals surface area contributed by atoms with E-state index < -0.39 is 29.7 Å². The number of ether oxygens (including phenoxy) is 2. The molecule has 1 saturated heterocycles. The normalized spacial score (nSPS) is 22.1. The first-order valence-electron chi connectivity index (χ1n) is 14.0. The summed E-state index contributed by atoms with van der Waals surface area (Å²) in [4.78, 5) is 15.0. The van der Waals surface area contributed by atoms with Crippen molar-refractivity contribution in [2.24, 2.45) is 5.92 Å². The molecule has 10 heteroatoms. The van der Waals surface area contributed by atoms with Gasteiger partial charge in [0.1, 0.15) is 17.5 Å². The maximum atomic E-state index is 15.1. The second-order valence-electron chi connectivity index (χ2n) is 10.7. The molecule has 38 heavy (non-hydrogen) atoms. The summed E-state index contributed by atoms with van der Waals surface area (Å²) < 4.78 is 26.2. The molecule has 3 rings (SSSR count). The summed E-state index contributed by atoms with van der Waals surface area (Å²) in [6, 6.07) is 3.86. The molecule has 4 N–H and O–H groups in total. The first-order valence-corrected chi connectivity index (χ1v) is 14.3. The van der Waals surface area contributed by atoms with Crippen LogP contribution >= 0.6 is 11.6 Å². The van der Waals surface area contributed by atoms with Gasteiger partial charge < -0.3 is 35.2 Å². The van der Waals surface area contributed by atoms with E-state index in [-0.39, 0.29) is 36.2 Å². The number of carbonyl (C=O) groups excluding carboxylic acids is 1. The average Bonchev–Trinajstić information content (AvgIpc) is 2.93. The van der Waals surface area contributed by atoms with Gasteiger partial charge in [0.25, 0.3) is 0 Å². The lowest BCUT2D eigenvalue weighted by atomic mass is 9.82. The Morgan fingerprint density at radius 1 is 1.32 bits per heavy atom. The van der Waals surface area contributed by atoms with Crippen molar-refractivity contribution >= 4 is 17.6 Å². The Hall–Kier alpha value is -1.49. The third-order valence-corrected chi connectivity index (χ3v) is 8.25. The summed E-state index contributed by atoms with van der Waals surface area (Å²) in [7, 11) is 3.39. The predicted octanol–water partition coefficient (Wildman–Crippen LogP) is 3.81. The van der Waals surface area contributed by atoms with E-state index in [0.717, 1.165) is 19.3 Å². The highest BCUT2D eigenvalue weighted by Crippen LogP contribution is 2.38. The van der Waals surface area contributed by atoms with Gasteiger partial charge in [-0.25, -0.2) is 9.18 Å². The lowest BCUT2D eigenvalue weighted by Crippen LogP contribution is -2.59. The van der Waals surface area contributed by atoms with Crippen LogP contribution in [0.2, 0.25) is 5.02 Å². The van der Waals surface area contributed by atoms with Crippen LogP contribution in [-0.2, 0) is 15.1 Å². The molecule has 2 fully saturated rings. The minimum atomic E-state index is -1.69. The highest BCUT2D eigenvalue weighted by atomic mass is 35.5. The Labute approximate surface area is 231 Å². The molecule has 216 valence electrons. The van der Waals surface area contributed by atoms with Crippen LogP contribution in [0.1, 0.15) is 63.4 Å². The van der Waals surface area contributed by atoms with Gasteiger partial charge in [-0.05, 0) is 44.7 Å². The number of aliphatic hydroxyl groups excluding tert-OH is 1. The predicted molar refractivity (Wildman–Crippen MR) is 146 cm³/mol. The fraction of sp³-hybridized carbons (Fsp3) is 0.750. The number of morpholine rings is 1. The Morgan fingerprint density at radius 2 is 2.08 bits per heavy atom. The number of methoxy groups -OCH3 is 1. The number of rotatable bonds is 13. The summed E-state index contributed by atoms with van der Waals surface area (Å²) in [6.45, 7) is 1.51. The van der Waals surface area contributed by atoms with E-state index >= 15 is 4.39 Å². The zero-order valence-electron chi connectivity index (χ0n) is 22.8. The first-order chi connectivity index (χ1) is 18.3. The van der Waals surface area contributed by atoms with Gasteiger partial charge in [-0.3, -0.25) is 0 Å². The third-order valence-electron chi connectivity index (χ3n) is 7.96. The number of nitrogens with zero attached hydrogens (tertiary/aromatic N) is 1. The topological polar surface area (TPSA) is 103 Å². The van der Waals surface area contributed by atoms with Gasteiger partial charge in [0, 0.05) is 32.4 Å². The Morgan fingerprint density at radius 3 is 2.79 bits per heavy atom. The third kappa shape index (κ3) is 8.26. The van der Waals surface area contributed by atoms with Crippen LogP contribution in [-0.4, -0.2) is 86.4 Å². The molecule has 1 aliphatic carbocycles. The van der Waals surface area contributed by atoms with Crippen LogP contribution in [0.3, 0.4) is 0 Å². The number of hydrogen-bond donors (Lipinski definition) is 4. The molecule has 0 aromatic heterocycles. The molecule has 1 heterocycles. The number of aliphatic hydroxyl groups is 2. The highest BCUT2D eigenvalue weighted by Gasteiger charge is 2.44. The molecule has 4 atom stereocenters. The molecule has 1 saturated carbocycles. The summed E-state index contributed by atoms with van der Waals surface area (Å²) in [5, 5.41) is 28.7. The second-order valence-corrected chi connectivity index (χ2v) is 11.1. The minimum Gasteiger partial charge on any atom is -0.390 e. The lowest BCUT2D eigenvalue weighted by Gasteiger charge is -2.43. The van der Waals surface area contributed by atoms with Crippen molar-refractivity contribution in [2.45, 2.75) is 81.6 Å². The van der Waals surface area contributed by atoms with Crippen LogP contribution < -0.4 is 10.6 Å². The van der Waals surface area contributed by atoms with Gasteiger partial charge in [-0.15, -0.1) is 0 Å². The van der Waals surface area contributed by atoms with Crippen molar-refractivity contribution in [2.75, 3.05) is 47.0 Å². The molecule has 1 aromatic rings. The molecule has 0 spiro atoms. The number of nitrogens with one attached hydrogen (secondary N) is 2. The van der Waals surface area contributed by atoms with Crippen molar-refractivity contribution in [3.05, 3.63) is 34.6 Å².